The number of nitrogens with zero attached hydrogens (tertiary/aromatic N) is 4. The van der Waals surface area contributed by atoms with Crippen LogP contribution in [0.2, 0.25) is 0 Å². The number of fused-ring (bicyclic) bond motifs is 3. The molecule has 7 heteroatoms. The largest absolute Gasteiger partial charge is 0.468 e. The van der Waals surface area contributed by atoms with E-state index in [0.717, 1.165) is 17.5 Å². The van der Waals surface area contributed by atoms with Gasteiger partial charge >= 0.3 is 0 Å². The highest BCUT2D eigenvalue weighted by atomic mass is 16.5. The maximum Gasteiger partial charge on any atom is 0.228 e. The number of Topliss-reactive ketones (excluding diaryl/α,β-unsaturated/α-hetero) is 1. The van der Waals surface area contributed by atoms with Crippen LogP contribution < -0.4 is 4.74 Å². The molecule has 1 aliphatic carbocycles. The molecular weight excluding hydrogens is 380 g/mol. The van der Waals surface area contributed by atoms with Crippen molar-refractivity contribution in [1.82, 2.24) is 19.6 Å². The lowest BCUT2D eigenvalue weighted by molar-refractivity contribution is -0.116. The van der Waals surface area contributed by atoms with Crippen LogP contribution in [0.5, 0.6) is 5.88 Å². The van der Waals surface area contributed by atoms with Gasteiger partial charge in [-0.1, -0.05) is 23.8 Å². The molecule has 0 bridgehead atoms. The minimum absolute atomic E-state index is 0.0868. The van der Waals surface area contributed by atoms with Gasteiger partial charge in [-0.3, -0.25) is 4.79 Å². The van der Waals surface area contributed by atoms with Crippen LogP contribution in [0.1, 0.15) is 42.1 Å². The summed E-state index contributed by atoms with van der Waals surface area (Å²) in [6.45, 7) is 2.03. The van der Waals surface area contributed by atoms with Gasteiger partial charge in [0.25, 0.3) is 0 Å². The molecule has 0 spiro atoms. The van der Waals surface area contributed by atoms with Crippen molar-refractivity contribution in [2.24, 2.45) is 0 Å². The van der Waals surface area contributed by atoms with Crippen molar-refractivity contribution in [1.29, 1.82) is 0 Å². The van der Waals surface area contributed by atoms with Gasteiger partial charge in [-0.2, -0.15) is 0 Å². The van der Waals surface area contributed by atoms with Crippen LogP contribution in [0, 0.1) is 6.92 Å². The van der Waals surface area contributed by atoms with Crippen molar-refractivity contribution in [3.8, 4) is 17.3 Å². The minimum Gasteiger partial charge on any atom is -0.468 e. The van der Waals surface area contributed by atoms with Crippen molar-refractivity contribution < 1.29 is 13.9 Å². The van der Waals surface area contributed by atoms with Gasteiger partial charge in [0, 0.05) is 24.0 Å². The second-order valence-electron chi connectivity index (χ2n) is 7.70. The van der Waals surface area contributed by atoms with E-state index < -0.39 is 5.92 Å². The van der Waals surface area contributed by atoms with E-state index in [1.165, 1.54) is 0 Å². The predicted molar refractivity (Wildman–Crippen MR) is 108 cm³/mol. The molecule has 30 heavy (non-hydrogen) atoms. The van der Waals surface area contributed by atoms with Crippen molar-refractivity contribution in [2.45, 2.75) is 32.1 Å². The van der Waals surface area contributed by atoms with E-state index in [-0.39, 0.29) is 5.78 Å². The maximum absolute atomic E-state index is 12.9. The first kappa shape index (κ1) is 17.1. The molecular formula is C23H18N4O3. The molecule has 1 aliphatic heterocycles. The second-order valence-corrected chi connectivity index (χ2v) is 7.70. The summed E-state index contributed by atoms with van der Waals surface area (Å²) in [5.74, 6) is 2.11. The Kier molecular flexibility index (Phi) is 3.65. The van der Waals surface area contributed by atoms with Gasteiger partial charge < -0.3 is 9.15 Å². The van der Waals surface area contributed by atoms with Crippen LogP contribution in [-0.4, -0.2) is 25.4 Å². The highest BCUT2D eigenvalue weighted by Gasteiger charge is 2.40. The van der Waals surface area contributed by atoms with E-state index >= 15 is 0 Å². The highest BCUT2D eigenvalue weighted by Crippen LogP contribution is 2.47. The Morgan fingerprint density at radius 3 is 2.93 bits per heavy atom. The fraction of sp³-hybridized carbons (Fsp3) is 0.217. The maximum atomic E-state index is 12.9. The number of ether oxygens (including phenoxy) is 1. The SMILES string of the molecule is Cc1cccc(-c2nc3c4c(ncn3n2)OC2=C(C(=O)CCC2)[C@H]4c2ccco2)c1. The number of hydrogen-bond donors (Lipinski definition) is 0. The lowest BCUT2D eigenvalue weighted by atomic mass is 9.80. The Balaban J connectivity index is 1.61. The number of aromatic nitrogens is 4. The molecule has 6 rings (SSSR count). The van der Waals surface area contributed by atoms with Gasteiger partial charge in [0.2, 0.25) is 5.88 Å². The van der Waals surface area contributed by atoms with E-state index in [1.54, 1.807) is 17.1 Å². The Bertz CT molecular complexity index is 1330. The molecule has 2 aliphatic rings. The summed E-state index contributed by atoms with van der Waals surface area (Å²) >= 11 is 0. The number of benzene rings is 1. The zero-order chi connectivity index (χ0) is 20.2. The Hall–Kier alpha value is -3.74. The molecule has 0 unspecified atom stereocenters. The first-order chi connectivity index (χ1) is 14.7. The number of hydrogen-bond acceptors (Lipinski definition) is 6. The zero-order valence-corrected chi connectivity index (χ0v) is 16.3. The number of carbonyl (C=O) groups is 1. The fourth-order valence-corrected chi connectivity index (χ4v) is 4.36. The third-order valence-electron chi connectivity index (χ3n) is 5.70. The average molecular weight is 398 g/mol. The Labute approximate surface area is 172 Å². The van der Waals surface area contributed by atoms with Crippen LogP contribution in [-0.2, 0) is 4.79 Å². The van der Waals surface area contributed by atoms with E-state index in [4.69, 9.17) is 14.1 Å². The number of aryl methyl sites for hydroxylation is 1. The van der Waals surface area contributed by atoms with E-state index in [2.05, 4.69) is 10.1 Å². The molecule has 4 aromatic rings. The molecule has 1 aromatic carbocycles. The van der Waals surface area contributed by atoms with Crippen LogP contribution in [0.4, 0.5) is 0 Å². The van der Waals surface area contributed by atoms with Crippen LogP contribution >= 0.6 is 0 Å². The van der Waals surface area contributed by atoms with Gasteiger partial charge in [0.15, 0.2) is 17.3 Å². The smallest absolute Gasteiger partial charge is 0.228 e. The number of furan rings is 1. The molecule has 0 fully saturated rings. The van der Waals surface area contributed by atoms with Crippen LogP contribution in [0.3, 0.4) is 0 Å². The van der Waals surface area contributed by atoms with Gasteiger partial charge in [-0.25, -0.2) is 14.5 Å². The first-order valence-corrected chi connectivity index (χ1v) is 9.99. The van der Waals surface area contributed by atoms with E-state index in [0.29, 0.717) is 52.8 Å². The van der Waals surface area contributed by atoms with Crippen molar-refractivity contribution >= 4 is 11.4 Å². The summed E-state index contributed by atoms with van der Waals surface area (Å²) < 4.78 is 13.5. The zero-order valence-electron chi connectivity index (χ0n) is 16.3. The minimum atomic E-state index is -0.405. The summed E-state index contributed by atoms with van der Waals surface area (Å²) in [5.41, 5.74) is 4.03. The third-order valence-corrected chi connectivity index (χ3v) is 5.70. The van der Waals surface area contributed by atoms with Gasteiger partial charge in [-0.15, -0.1) is 5.10 Å². The molecule has 7 nitrogen and oxygen atoms in total. The molecule has 3 aromatic heterocycles. The molecule has 0 N–H and O–H groups in total. The summed E-state index contributed by atoms with van der Waals surface area (Å²) in [6, 6.07) is 11.7. The van der Waals surface area contributed by atoms with Crippen molar-refractivity contribution in [3.63, 3.8) is 0 Å². The van der Waals surface area contributed by atoms with E-state index in [9.17, 15) is 4.79 Å². The standard InChI is InChI=1S/C23H18N4O3/c1-13-5-2-6-14(11-13)21-25-22-20-19(16-9-4-10-29-16)18-15(28)7-3-8-17(18)30-23(20)24-12-27(22)26-21/h2,4-6,9-12,19H,3,7-8H2,1H3/t19-/m1/s1. The molecule has 1 atom stereocenters. The lowest BCUT2D eigenvalue weighted by Gasteiger charge is -2.30. The number of rotatable bonds is 2. The molecule has 0 amide bonds. The Morgan fingerprint density at radius 2 is 2.10 bits per heavy atom. The van der Waals surface area contributed by atoms with Crippen LogP contribution in [0.25, 0.3) is 17.0 Å². The summed E-state index contributed by atoms with van der Waals surface area (Å²) in [7, 11) is 0. The number of allylic oxidation sites excluding steroid dienone is 2. The van der Waals surface area contributed by atoms with Crippen molar-refractivity contribution in [3.05, 3.63) is 77.2 Å². The quantitative estimate of drug-likeness (QED) is 0.503. The van der Waals surface area contributed by atoms with Crippen molar-refractivity contribution in [2.75, 3.05) is 0 Å². The lowest BCUT2D eigenvalue weighted by Crippen LogP contribution is -2.26. The third kappa shape index (κ3) is 2.51. The number of ketones is 1. The fourth-order valence-electron chi connectivity index (χ4n) is 4.36. The molecule has 0 saturated heterocycles. The first-order valence-electron chi connectivity index (χ1n) is 9.99. The van der Waals surface area contributed by atoms with Gasteiger partial charge in [0.1, 0.15) is 17.8 Å². The predicted octanol–water partition coefficient (Wildman–Crippen LogP) is 4.22. The summed E-state index contributed by atoms with van der Waals surface area (Å²) in [6.07, 6.45) is 5.23. The van der Waals surface area contributed by atoms with Crippen LogP contribution in [0.15, 0.2) is 64.7 Å². The highest BCUT2D eigenvalue weighted by molar-refractivity contribution is 5.99. The summed E-state index contributed by atoms with van der Waals surface area (Å²) in [4.78, 5) is 22.2. The monoisotopic (exact) mass is 398 g/mol. The average Bonchev–Trinajstić information content (AvgIpc) is 3.42. The van der Waals surface area contributed by atoms with E-state index in [1.807, 2.05) is 43.3 Å². The molecule has 148 valence electrons. The summed E-state index contributed by atoms with van der Waals surface area (Å²) in [5, 5.41) is 4.63. The normalized spacial score (nSPS) is 18.3. The van der Waals surface area contributed by atoms with Gasteiger partial charge in [-0.05, 0) is 31.5 Å². The molecule has 4 heterocycles. The topological polar surface area (TPSA) is 82.5 Å². The van der Waals surface area contributed by atoms with Gasteiger partial charge in [0.05, 0.1) is 17.7 Å². The molecule has 0 saturated carbocycles. The number of carbonyl (C=O) groups excluding carboxylic acids is 1. The second kappa shape index (κ2) is 6.38. The molecule has 0 radical (unpaired) electrons. The Morgan fingerprint density at radius 1 is 1.17 bits per heavy atom.